The molecule has 26 heavy (non-hydrogen) atoms. The Morgan fingerprint density at radius 1 is 1.00 bits per heavy atom. The molecule has 0 aliphatic heterocycles. The van der Waals surface area contributed by atoms with Crippen LogP contribution in [0.15, 0.2) is 60.2 Å². The summed E-state index contributed by atoms with van der Waals surface area (Å²) in [6, 6.07) is 19.3. The summed E-state index contributed by atoms with van der Waals surface area (Å²) < 4.78 is 0. The maximum Gasteiger partial charge on any atom is 0.163 e. The highest BCUT2D eigenvalue weighted by Crippen LogP contribution is 2.62. The average molecular weight is 342 g/mol. The lowest BCUT2D eigenvalue weighted by molar-refractivity contribution is -0.124. The van der Waals surface area contributed by atoms with Crippen molar-refractivity contribution in [1.82, 2.24) is 0 Å². The molecule has 0 amide bonds. The Morgan fingerprint density at radius 3 is 2.62 bits per heavy atom. The zero-order valence-corrected chi connectivity index (χ0v) is 15.4. The monoisotopic (exact) mass is 342 g/mol. The number of hydrogen-bond donors (Lipinski definition) is 0. The van der Waals surface area contributed by atoms with Crippen LogP contribution in [-0.2, 0) is 11.2 Å². The van der Waals surface area contributed by atoms with Gasteiger partial charge in [0.1, 0.15) is 0 Å². The molecule has 0 unspecified atom stereocenters. The lowest BCUT2D eigenvalue weighted by Crippen LogP contribution is -2.46. The molecule has 0 radical (unpaired) electrons. The van der Waals surface area contributed by atoms with Gasteiger partial charge in [-0.15, -0.1) is 0 Å². The van der Waals surface area contributed by atoms with E-state index in [-0.39, 0.29) is 11.3 Å². The summed E-state index contributed by atoms with van der Waals surface area (Å²) in [5, 5.41) is 0. The fourth-order valence-corrected chi connectivity index (χ4v) is 6.12. The smallest absolute Gasteiger partial charge is 0.163 e. The molecule has 2 bridgehead atoms. The summed E-state index contributed by atoms with van der Waals surface area (Å²) in [7, 11) is 0. The second-order valence-electron chi connectivity index (χ2n) is 8.62. The molecular weight excluding hydrogens is 316 g/mol. The number of benzene rings is 2. The van der Waals surface area contributed by atoms with Gasteiger partial charge in [-0.25, -0.2) is 0 Å². The van der Waals surface area contributed by atoms with Gasteiger partial charge in [0.2, 0.25) is 0 Å². The maximum absolute atomic E-state index is 13.6. The minimum absolute atomic E-state index is 0.0120. The number of carbonyl (C=O) groups excluding carboxylic acids is 1. The van der Waals surface area contributed by atoms with Gasteiger partial charge < -0.3 is 0 Å². The van der Waals surface area contributed by atoms with E-state index in [1.54, 1.807) is 0 Å². The summed E-state index contributed by atoms with van der Waals surface area (Å²) in [6.45, 7) is 2.38. The van der Waals surface area contributed by atoms with Crippen molar-refractivity contribution in [2.24, 2.45) is 17.3 Å². The molecule has 3 saturated carbocycles. The van der Waals surface area contributed by atoms with E-state index in [0.29, 0.717) is 17.6 Å². The van der Waals surface area contributed by atoms with Crippen molar-refractivity contribution in [3.8, 4) is 0 Å². The molecule has 4 aliphatic rings. The number of carbonyl (C=O) groups is 1. The minimum Gasteiger partial charge on any atom is -0.294 e. The Balaban J connectivity index is 1.67. The van der Waals surface area contributed by atoms with Crippen molar-refractivity contribution in [2.45, 2.75) is 44.9 Å². The van der Waals surface area contributed by atoms with Crippen molar-refractivity contribution < 1.29 is 4.79 Å². The predicted octanol–water partition coefficient (Wildman–Crippen LogP) is 5.81. The number of Topliss-reactive ketones (excluding diaryl/α,β-unsaturated/α-hetero) is 1. The quantitative estimate of drug-likeness (QED) is 0.598. The van der Waals surface area contributed by atoms with Crippen molar-refractivity contribution in [3.63, 3.8) is 0 Å². The van der Waals surface area contributed by atoms with E-state index < -0.39 is 0 Å². The van der Waals surface area contributed by atoms with Crippen LogP contribution in [0.25, 0.3) is 6.08 Å². The summed E-state index contributed by atoms with van der Waals surface area (Å²) in [5.74, 6) is 1.62. The zero-order valence-electron chi connectivity index (χ0n) is 15.4. The molecule has 1 heteroatoms. The second kappa shape index (κ2) is 5.94. The Morgan fingerprint density at radius 2 is 1.77 bits per heavy atom. The van der Waals surface area contributed by atoms with E-state index in [2.05, 4.69) is 61.5 Å². The van der Waals surface area contributed by atoms with Crippen LogP contribution in [0.1, 0.15) is 55.2 Å². The molecule has 2 aromatic carbocycles. The molecule has 4 aliphatic carbocycles. The van der Waals surface area contributed by atoms with Crippen LogP contribution in [0.5, 0.6) is 0 Å². The summed E-state index contributed by atoms with van der Waals surface area (Å²) in [6.07, 6.45) is 7.96. The molecule has 0 spiro atoms. The Bertz CT molecular complexity index is 878. The molecule has 0 heterocycles. The van der Waals surface area contributed by atoms with Crippen molar-refractivity contribution >= 4 is 11.9 Å². The number of fused-ring (bicyclic) bond motifs is 4. The number of allylic oxidation sites excluding steroid dienone is 1. The van der Waals surface area contributed by atoms with Crippen LogP contribution in [-0.4, -0.2) is 5.78 Å². The fourth-order valence-electron chi connectivity index (χ4n) is 6.12. The average Bonchev–Trinajstić information content (AvgIpc) is 2.90. The number of aryl methyl sites for hydroxylation is 1. The van der Waals surface area contributed by atoms with Gasteiger partial charge in [0, 0.05) is 11.5 Å². The zero-order chi connectivity index (χ0) is 17.7. The van der Waals surface area contributed by atoms with Gasteiger partial charge in [-0.3, -0.25) is 4.79 Å². The lowest BCUT2D eigenvalue weighted by Gasteiger charge is -2.51. The first-order chi connectivity index (χ1) is 12.7. The van der Waals surface area contributed by atoms with Crippen LogP contribution < -0.4 is 0 Å². The molecule has 3 fully saturated rings. The molecule has 1 nitrogen and oxygen atoms in total. The molecule has 4 atom stereocenters. The fraction of sp³-hybridized carbons (Fsp3) is 0.400. The third-order valence-corrected chi connectivity index (χ3v) is 7.36. The van der Waals surface area contributed by atoms with E-state index in [9.17, 15) is 4.79 Å². The van der Waals surface area contributed by atoms with E-state index in [1.807, 2.05) is 6.07 Å². The van der Waals surface area contributed by atoms with E-state index in [4.69, 9.17) is 0 Å². The van der Waals surface area contributed by atoms with E-state index in [1.165, 1.54) is 24.0 Å². The highest BCUT2D eigenvalue weighted by Gasteiger charge is 2.56. The predicted molar refractivity (Wildman–Crippen MR) is 106 cm³/mol. The van der Waals surface area contributed by atoms with Crippen LogP contribution in [0, 0.1) is 17.3 Å². The minimum atomic E-state index is 0.0120. The highest BCUT2D eigenvalue weighted by atomic mass is 16.1. The third kappa shape index (κ3) is 2.26. The number of rotatable bonds is 1. The molecule has 2 aromatic rings. The van der Waals surface area contributed by atoms with Gasteiger partial charge in [-0.05, 0) is 65.7 Å². The van der Waals surface area contributed by atoms with Gasteiger partial charge in [-0.2, -0.15) is 0 Å². The van der Waals surface area contributed by atoms with Crippen molar-refractivity contribution in [3.05, 3.63) is 76.9 Å². The molecule has 0 aromatic heterocycles. The van der Waals surface area contributed by atoms with Gasteiger partial charge >= 0.3 is 0 Å². The summed E-state index contributed by atoms with van der Waals surface area (Å²) in [4.78, 5) is 13.6. The number of ketones is 1. The van der Waals surface area contributed by atoms with E-state index >= 15 is 0 Å². The Kier molecular flexibility index (Phi) is 3.67. The normalized spacial score (nSPS) is 34.3. The Hall–Kier alpha value is -2.15. The maximum atomic E-state index is 13.6. The molecule has 132 valence electrons. The lowest BCUT2D eigenvalue weighted by atomic mass is 9.52. The SMILES string of the molecule is C[C@@]12CCC[C@@H](C(=O)/C1=C\c1ccccc1)[C@@H]1c3ccccc3CC[C@@H]12. The largest absolute Gasteiger partial charge is 0.294 e. The van der Waals surface area contributed by atoms with Crippen LogP contribution in [0.2, 0.25) is 0 Å². The first kappa shape index (κ1) is 16.1. The first-order valence-electron chi connectivity index (χ1n) is 10.1. The van der Waals surface area contributed by atoms with E-state index in [0.717, 1.165) is 30.4 Å². The van der Waals surface area contributed by atoms with Gasteiger partial charge in [0.05, 0.1) is 0 Å². The summed E-state index contributed by atoms with van der Waals surface area (Å²) in [5.41, 5.74) is 5.22. The van der Waals surface area contributed by atoms with Crippen LogP contribution >= 0.6 is 0 Å². The first-order valence-corrected chi connectivity index (χ1v) is 10.1. The number of hydrogen-bond acceptors (Lipinski definition) is 1. The highest BCUT2D eigenvalue weighted by molar-refractivity contribution is 6.04. The topological polar surface area (TPSA) is 17.1 Å². The standard InChI is InChI=1S/C25H26O/c1-25-15-7-12-20(24(26)22(25)16-17-8-3-2-4-9-17)23-19-11-6-5-10-18(19)13-14-21(23)25/h2-6,8-11,16,20-21,23H,7,12-15H2,1H3/b22-16+/t20-,21+,23+,25+/m1/s1. The molecule has 6 rings (SSSR count). The van der Waals surface area contributed by atoms with Crippen LogP contribution in [0.4, 0.5) is 0 Å². The van der Waals surface area contributed by atoms with Gasteiger partial charge in [-0.1, -0.05) is 67.9 Å². The van der Waals surface area contributed by atoms with Crippen molar-refractivity contribution in [2.75, 3.05) is 0 Å². The molecular formula is C25H26O. The van der Waals surface area contributed by atoms with Crippen LogP contribution in [0.3, 0.4) is 0 Å². The second-order valence-corrected chi connectivity index (χ2v) is 8.62. The molecule has 0 saturated heterocycles. The van der Waals surface area contributed by atoms with Crippen molar-refractivity contribution in [1.29, 1.82) is 0 Å². The molecule has 0 N–H and O–H groups in total. The van der Waals surface area contributed by atoms with Gasteiger partial charge in [0.15, 0.2) is 5.78 Å². The third-order valence-electron chi connectivity index (χ3n) is 7.36. The van der Waals surface area contributed by atoms with Gasteiger partial charge in [0.25, 0.3) is 0 Å². The summed E-state index contributed by atoms with van der Waals surface area (Å²) >= 11 is 0. The Labute approximate surface area is 156 Å².